The summed E-state index contributed by atoms with van der Waals surface area (Å²) in [6, 6.07) is 0. The van der Waals surface area contributed by atoms with Crippen LogP contribution in [0.3, 0.4) is 0 Å². The van der Waals surface area contributed by atoms with Crippen LogP contribution in [0.5, 0.6) is 0 Å². The molecule has 2 nitrogen and oxygen atoms in total. The van der Waals surface area contributed by atoms with Gasteiger partial charge in [-0.15, -0.1) is 0 Å². The normalized spacial score (nSPS) is 20.1. The van der Waals surface area contributed by atoms with Gasteiger partial charge in [0.2, 0.25) is 0 Å². The van der Waals surface area contributed by atoms with Crippen LogP contribution < -0.4 is 5.32 Å². The maximum absolute atomic E-state index is 3.44. The first-order valence-corrected chi connectivity index (χ1v) is 7.49. The standard InChI is InChI=1S/C15H32N2/c1-13(2)14(3)7-11-17(4)12-8-15-5-9-16-10-6-15/h13-16H,5-12H2,1-4H3. The van der Waals surface area contributed by atoms with E-state index in [1.54, 1.807) is 0 Å². The van der Waals surface area contributed by atoms with Gasteiger partial charge in [0.1, 0.15) is 0 Å². The number of rotatable bonds is 7. The SMILES string of the molecule is CC(C)C(C)CCN(C)CCC1CCNCC1. The predicted octanol–water partition coefficient (Wildman–Crippen LogP) is 2.99. The molecule has 1 aliphatic heterocycles. The number of nitrogens with one attached hydrogen (secondary N) is 1. The van der Waals surface area contributed by atoms with Gasteiger partial charge in [0, 0.05) is 0 Å². The van der Waals surface area contributed by atoms with Crippen LogP contribution in [0.25, 0.3) is 0 Å². The van der Waals surface area contributed by atoms with E-state index in [-0.39, 0.29) is 0 Å². The first-order valence-electron chi connectivity index (χ1n) is 7.49. The molecule has 0 saturated carbocycles. The van der Waals surface area contributed by atoms with Crippen molar-refractivity contribution in [1.82, 2.24) is 10.2 Å². The van der Waals surface area contributed by atoms with Crippen molar-refractivity contribution in [1.29, 1.82) is 0 Å². The Morgan fingerprint density at radius 1 is 1.12 bits per heavy atom. The van der Waals surface area contributed by atoms with Crippen LogP contribution in [0.1, 0.15) is 46.5 Å². The predicted molar refractivity (Wildman–Crippen MR) is 76.3 cm³/mol. The lowest BCUT2D eigenvalue weighted by Gasteiger charge is -2.26. The molecule has 0 aromatic heterocycles. The zero-order chi connectivity index (χ0) is 12.7. The molecule has 1 atom stereocenters. The van der Waals surface area contributed by atoms with E-state index >= 15 is 0 Å². The van der Waals surface area contributed by atoms with Gasteiger partial charge in [-0.2, -0.15) is 0 Å². The lowest BCUT2D eigenvalue weighted by molar-refractivity contribution is 0.247. The lowest BCUT2D eigenvalue weighted by Crippen LogP contribution is -2.31. The summed E-state index contributed by atoms with van der Waals surface area (Å²) in [5, 5.41) is 3.44. The lowest BCUT2D eigenvalue weighted by atomic mass is 9.93. The van der Waals surface area contributed by atoms with Crippen molar-refractivity contribution in [2.45, 2.75) is 46.5 Å². The smallest absolute Gasteiger partial charge is 0.00191 e. The molecule has 102 valence electrons. The Bertz CT molecular complexity index is 185. The summed E-state index contributed by atoms with van der Waals surface area (Å²) in [5.74, 6) is 2.66. The first kappa shape index (κ1) is 15.0. The zero-order valence-electron chi connectivity index (χ0n) is 12.3. The second-order valence-electron chi connectivity index (χ2n) is 6.30. The van der Waals surface area contributed by atoms with E-state index in [9.17, 15) is 0 Å². The molecule has 2 heteroatoms. The van der Waals surface area contributed by atoms with Crippen LogP contribution >= 0.6 is 0 Å². The molecule has 0 bridgehead atoms. The number of hydrogen-bond donors (Lipinski definition) is 1. The number of piperidine rings is 1. The molecule has 1 N–H and O–H groups in total. The van der Waals surface area contributed by atoms with Gasteiger partial charge in [-0.05, 0) is 76.7 Å². The maximum atomic E-state index is 3.44. The van der Waals surface area contributed by atoms with Crippen LogP contribution in [0.2, 0.25) is 0 Å². The van der Waals surface area contributed by atoms with Gasteiger partial charge < -0.3 is 10.2 Å². The topological polar surface area (TPSA) is 15.3 Å². The summed E-state index contributed by atoms with van der Waals surface area (Å²) >= 11 is 0. The van der Waals surface area contributed by atoms with E-state index in [1.165, 1.54) is 51.9 Å². The van der Waals surface area contributed by atoms with Crippen LogP contribution in [0.15, 0.2) is 0 Å². The van der Waals surface area contributed by atoms with E-state index in [1.807, 2.05) is 0 Å². The Morgan fingerprint density at radius 3 is 2.35 bits per heavy atom. The molecule has 1 unspecified atom stereocenters. The second kappa shape index (κ2) is 8.10. The number of nitrogens with zero attached hydrogens (tertiary/aromatic N) is 1. The molecule has 1 rings (SSSR count). The average molecular weight is 240 g/mol. The fourth-order valence-corrected chi connectivity index (χ4v) is 2.44. The second-order valence-corrected chi connectivity index (χ2v) is 6.30. The Balaban J connectivity index is 2.05. The highest BCUT2D eigenvalue weighted by Gasteiger charge is 2.14. The molecule has 1 fully saturated rings. The fourth-order valence-electron chi connectivity index (χ4n) is 2.44. The van der Waals surface area contributed by atoms with E-state index in [4.69, 9.17) is 0 Å². The van der Waals surface area contributed by atoms with E-state index < -0.39 is 0 Å². The quantitative estimate of drug-likeness (QED) is 0.736. The summed E-state index contributed by atoms with van der Waals surface area (Å²) in [7, 11) is 2.29. The van der Waals surface area contributed by atoms with E-state index in [0.29, 0.717) is 0 Å². The third-order valence-electron chi connectivity index (χ3n) is 4.48. The monoisotopic (exact) mass is 240 g/mol. The minimum absolute atomic E-state index is 0.827. The fraction of sp³-hybridized carbons (Fsp3) is 1.00. The van der Waals surface area contributed by atoms with Crippen LogP contribution in [-0.2, 0) is 0 Å². The van der Waals surface area contributed by atoms with Crippen LogP contribution in [0.4, 0.5) is 0 Å². The molecule has 0 aliphatic carbocycles. The highest BCUT2D eigenvalue weighted by Crippen LogP contribution is 2.17. The van der Waals surface area contributed by atoms with E-state index in [0.717, 1.165) is 17.8 Å². The van der Waals surface area contributed by atoms with Crippen LogP contribution in [0, 0.1) is 17.8 Å². The van der Waals surface area contributed by atoms with Crippen molar-refractivity contribution in [3.63, 3.8) is 0 Å². The molecule has 0 spiro atoms. The zero-order valence-corrected chi connectivity index (χ0v) is 12.3. The Hall–Kier alpha value is -0.0800. The van der Waals surface area contributed by atoms with Crippen molar-refractivity contribution in [3.8, 4) is 0 Å². The molecule has 0 aromatic rings. The van der Waals surface area contributed by atoms with Crippen molar-refractivity contribution in [3.05, 3.63) is 0 Å². The summed E-state index contributed by atoms with van der Waals surface area (Å²) in [5.41, 5.74) is 0. The Kier molecular flexibility index (Phi) is 7.14. The summed E-state index contributed by atoms with van der Waals surface area (Å²) < 4.78 is 0. The molecular weight excluding hydrogens is 208 g/mol. The number of hydrogen-bond acceptors (Lipinski definition) is 2. The van der Waals surface area contributed by atoms with Gasteiger partial charge in [-0.25, -0.2) is 0 Å². The molecule has 0 aromatic carbocycles. The van der Waals surface area contributed by atoms with Gasteiger partial charge in [-0.1, -0.05) is 20.8 Å². The minimum Gasteiger partial charge on any atom is -0.317 e. The average Bonchev–Trinajstić information content (AvgIpc) is 2.34. The summed E-state index contributed by atoms with van der Waals surface area (Å²) in [6.45, 7) is 12.1. The van der Waals surface area contributed by atoms with Crippen molar-refractivity contribution in [2.75, 3.05) is 33.2 Å². The maximum Gasteiger partial charge on any atom is -0.00191 e. The Morgan fingerprint density at radius 2 is 1.76 bits per heavy atom. The Labute approximate surface area is 108 Å². The van der Waals surface area contributed by atoms with Crippen molar-refractivity contribution < 1.29 is 0 Å². The van der Waals surface area contributed by atoms with Gasteiger partial charge in [0.05, 0.1) is 0 Å². The first-order chi connectivity index (χ1) is 8.09. The highest BCUT2D eigenvalue weighted by molar-refractivity contribution is 4.70. The van der Waals surface area contributed by atoms with Crippen molar-refractivity contribution in [2.24, 2.45) is 17.8 Å². The summed E-state index contributed by atoms with van der Waals surface area (Å²) in [6.07, 6.45) is 5.51. The third-order valence-corrected chi connectivity index (χ3v) is 4.48. The third kappa shape index (κ3) is 6.42. The molecule has 1 heterocycles. The van der Waals surface area contributed by atoms with Gasteiger partial charge in [0.25, 0.3) is 0 Å². The van der Waals surface area contributed by atoms with Crippen LogP contribution in [-0.4, -0.2) is 38.1 Å². The molecule has 0 amide bonds. The highest BCUT2D eigenvalue weighted by atomic mass is 15.1. The molecule has 17 heavy (non-hydrogen) atoms. The molecule has 1 saturated heterocycles. The van der Waals surface area contributed by atoms with Gasteiger partial charge >= 0.3 is 0 Å². The molecule has 0 radical (unpaired) electrons. The van der Waals surface area contributed by atoms with E-state index in [2.05, 4.69) is 38.0 Å². The van der Waals surface area contributed by atoms with Gasteiger partial charge in [-0.3, -0.25) is 0 Å². The largest absolute Gasteiger partial charge is 0.317 e. The minimum atomic E-state index is 0.827. The van der Waals surface area contributed by atoms with Gasteiger partial charge in [0.15, 0.2) is 0 Å². The van der Waals surface area contributed by atoms with Crippen molar-refractivity contribution >= 4 is 0 Å². The molecular formula is C15H32N2. The summed E-state index contributed by atoms with van der Waals surface area (Å²) in [4.78, 5) is 2.53. The molecule has 1 aliphatic rings.